The number of rotatable bonds is 9. The third-order valence-electron chi connectivity index (χ3n) is 7.78. The Morgan fingerprint density at radius 3 is 1.37 bits per heavy atom. The molecule has 0 radical (unpaired) electrons. The molecule has 2 aromatic rings. The van der Waals surface area contributed by atoms with Gasteiger partial charge >= 0.3 is 11.9 Å². The lowest BCUT2D eigenvalue weighted by atomic mass is 9.98. The van der Waals surface area contributed by atoms with Crippen LogP contribution in [0.3, 0.4) is 0 Å². The summed E-state index contributed by atoms with van der Waals surface area (Å²) in [5.41, 5.74) is 1.20. The quantitative estimate of drug-likeness (QED) is 0.129. The molecule has 0 spiro atoms. The number of aliphatic hydroxyl groups excluding tert-OH is 6. The first-order valence-corrected chi connectivity index (χ1v) is 16.7. The molecule has 2 heterocycles. The third-order valence-corrected chi connectivity index (χ3v) is 7.78. The molecule has 2 aliphatic heterocycles. The number of hydrogen-bond acceptors (Lipinski definition) is 14. The molecule has 2 aliphatic rings. The molecule has 0 aliphatic carbocycles. The van der Waals surface area contributed by atoms with Crippen LogP contribution >= 0.6 is 0 Å². The van der Waals surface area contributed by atoms with Gasteiger partial charge in [0.1, 0.15) is 73.9 Å². The first-order valence-electron chi connectivity index (χ1n) is 16.7. The van der Waals surface area contributed by atoms with E-state index in [1.807, 2.05) is 6.92 Å². The van der Waals surface area contributed by atoms with E-state index < -0.39 is 86.6 Å². The summed E-state index contributed by atoms with van der Waals surface area (Å²) in [5, 5.41) is 63.1. The second-order valence-corrected chi connectivity index (χ2v) is 11.7. The van der Waals surface area contributed by atoms with E-state index in [0.29, 0.717) is 0 Å². The third kappa shape index (κ3) is 12.9. The van der Waals surface area contributed by atoms with E-state index in [4.69, 9.17) is 34.8 Å². The molecule has 2 saturated heterocycles. The van der Waals surface area contributed by atoms with E-state index >= 15 is 0 Å². The van der Waals surface area contributed by atoms with E-state index in [2.05, 4.69) is 89.0 Å². The lowest BCUT2D eigenvalue weighted by Gasteiger charge is -2.44. The van der Waals surface area contributed by atoms with Crippen LogP contribution in [0.2, 0.25) is 0 Å². The van der Waals surface area contributed by atoms with Crippen molar-refractivity contribution >= 4 is 11.9 Å². The number of hydrogen-bond donors (Lipinski definition) is 6. The van der Waals surface area contributed by atoms with Crippen molar-refractivity contribution in [1.82, 2.24) is 0 Å². The average molecular weight is 773 g/mol. The Morgan fingerprint density at radius 2 is 0.947 bits per heavy atom. The monoisotopic (exact) mass is 772 g/mol. The Kier molecular flexibility index (Phi) is 16.6. The number of esters is 2. The highest BCUT2D eigenvalue weighted by atomic mass is 16.8. The molecule has 10 atom stereocenters. The van der Waals surface area contributed by atoms with Crippen molar-refractivity contribution in [3.8, 4) is 101 Å². The zero-order valence-electron chi connectivity index (χ0n) is 29.8. The van der Waals surface area contributed by atoms with Crippen molar-refractivity contribution in [3.05, 3.63) is 65.2 Å². The lowest BCUT2D eigenvalue weighted by molar-refractivity contribution is -0.376. The van der Waals surface area contributed by atoms with Crippen molar-refractivity contribution in [3.63, 3.8) is 0 Å². The number of aryl methyl sites for hydroxylation is 1. The minimum absolute atomic E-state index is 0.0693. The van der Waals surface area contributed by atoms with E-state index in [9.17, 15) is 40.2 Å². The number of terminal acetylenes is 1. The fourth-order valence-corrected chi connectivity index (χ4v) is 4.79. The second-order valence-electron chi connectivity index (χ2n) is 11.7. The second kappa shape index (κ2) is 22.0. The van der Waals surface area contributed by atoms with E-state index in [0.717, 1.165) is 5.56 Å². The predicted molar refractivity (Wildman–Crippen MR) is 197 cm³/mol. The van der Waals surface area contributed by atoms with E-state index in [1.54, 1.807) is 12.1 Å². The summed E-state index contributed by atoms with van der Waals surface area (Å²) >= 11 is 0. The molecule has 0 bridgehead atoms. The molecular formula is C43H32O14. The van der Waals surface area contributed by atoms with Gasteiger partial charge in [-0.25, -0.2) is 9.59 Å². The van der Waals surface area contributed by atoms with Gasteiger partial charge in [0.25, 0.3) is 0 Å². The first-order chi connectivity index (χ1) is 27.5. The highest BCUT2D eigenvalue weighted by molar-refractivity contribution is 5.90. The molecule has 14 heteroatoms. The molecule has 57 heavy (non-hydrogen) atoms. The number of aliphatic hydroxyl groups is 6. The molecule has 6 N–H and O–H groups in total. The van der Waals surface area contributed by atoms with Crippen LogP contribution in [0, 0.1) is 102 Å². The maximum atomic E-state index is 12.7. The van der Waals surface area contributed by atoms with Gasteiger partial charge in [0.05, 0.1) is 11.1 Å². The standard InChI is InChI=1S/C43H32O14/c1-3-4-5-6-7-8-9-10-11-12-13-14-15-16-25-52-31-23-21-30(22-24-31)41(51)54-27-33-35(45)37(47)39(49)43(56-33)57-42-38(48)36(46)34(44)32(55-42)26-53-40(50)29-19-17-28(2)18-20-29/h1,17-24,32-39,42-49H,26-27H2,2H3/t32-,33-,34-,35-,36+,37+,38-,39-,42-,43-/m1/s1. The SMILES string of the molecule is C#CC#CC#CC#CC#CC#CC#CC#COc1ccc(C(=O)OC[C@H]2O[C@H](O[C@H]3O[C@H](COC(=O)c4ccc(C)cc4)[C@@H](O)[C@H](O)[C@H]3O)[C@H](O)[C@@H](O)[C@@H]2O)cc1. The summed E-state index contributed by atoms with van der Waals surface area (Å²) in [4.78, 5) is 25.2. The van der Waals surface area contributed by atoms with Crippen LogP contribution in [0.4, 0.5) is 0 Å². The Morgan fingerprint density at radius 1 is 0.561 bits per heavy atom. The topological polar surface area (TPSA) is 211 Å². The van der Waals surface area contributed by atoms with Gasteiger partial charge in [-0.1, -0.05) is 17.7 Å². The van der Waals surface area contributed by atoms with E-state index in [-0.39, 0.29) is 16.9 Å². The number of carbonyl (C=O) groups is 2. The summed E-state index contributed by atoms with van der Waals surface area (Å²) < 4.78 is 32.3. The van der Waals surface area contributed by atoms with Gasteiger partial charge in [-0.3, -0.25) is 0 Å². The van der Waals surface area contributed by atoms with Gasteiger partial charge in [-0.05, 0) is 84.8 Å². The average Bonchev–Trinajstić information content (AvgIpc) is 3.21. The van der Waals surface area contributed by atoms with Crippen LogP contribution in [0.5, 0.6) is 5.75 Å². The number of carbonyl (C=O) groups excluding carboxylic acids is 2. The van der Waals surface area contributed by atoms with Crippen molar-refractivity contribution < 1.29 is 68.6 Å². The molecule has 0 unspecified atom stereocenters. The minimum atomic E-state index is -1.91. The molecule has 0 amide bonds. The zero-order chi connectivity index (χ0) is 41.2. The molecule has 2 fully saturated rings. The van der Waals surface area contributed by atoms with E-state index in [1.165, 1.54) is 36.4 Å². The molecule has 288 valence electrons. The fraction of sp³-hybridized carbons (Fsp3) is 0.302. The zero-order valence-corrected chi connectivity index (χ0v) is 29.8. The van der Waals surface area contributed by atoms with Crippen LogP contribution in [-0.4, -0.2) is 117 Å². The van der Waals surface area contributed by atoms with Crippen molar-refractivity contribution in [2.45, 2.75) is 68.3 Å². The molecule has 0 aromatic heterocycles. The van der Waals surface area contributed by atoms with Crippen LogP contribution in [0.1, 0.15) is 26.3 Å². The van der Waals surface area contributed by atoms with Crippen molar-refractivity contribution in [2.24, 2.45) is 0 Å². The maximum absolute atomic E-state index is 12.7. The summed E-state index contributed by atoms with van der Waals surface area (Å²) in [6, 6.07) is 12.1. The molecular weight excluding hydrogens is 740 g/mol. The van der Waals surface area contributed by atoms with Crippen molar-refractivity contribution in [2.75, 3.05) is 13.2 Å². The highest BCUT2D eigenvalue weighted by Gasteiger charge is 2.50. The Balaban J connectivity index is 1.27. The van der Waals surface area contributed by atoms with Crippen LogP contribution in [0.25, 0.3) is 0 Å². The van der Waals surface area contributed by atoms with Crippen LogP contribution in [0.15, 0.2) is 48.5 Å². The van der Waals surface area contributed by atoms with Gasteiger partial charge in [-0.2, -0.15) is 0 Å². The van der Waals surface area contributed by atoms with Crippen LogP contribution < -0.4 is 4.74 Å². The summed E-state index contributed by atoms with van der Waals surface area (Å²) in [6.45, 7) is 0.649. The van der Waals surface area contributed by atoms with Gasteiger partial charge in [0, 0.05) is 41.4 Å². The smallest absolute Gasteiger partial charge is 0.338 e. The maximum Gasteiger partial charge on any atom is 0.338 e. The summed E-state index contributed by atoms with van der Waals surface area (Å²) in [6.07, 6.45) is -10.1. The number of benzene rings is 2. The summed E-state index contributed by atoms with van der Waals surface area (Å²) in [5.74, 6) is 32.4. The minimum Gasteiger partial charge on any atom is -0.459 e. The van der Waals surface area contributed by atoms with Gasteiger partial charge < -0.3 is 59.1 Å². The summed E-state index contributed by atoms with van der Waals surface area (Å²) in [7, 11) is 0. The molecule has 4 rings (SSSR count). The fourth-order valence-electron chi connectivity index (χ4n) is 4.79. The Bertz CT molecular complexity index is 2250. The van der Waals surface area contributed by atoms with Gasteiger partial charge in [0.2, 0.25) is 0 Å². The Labute approximate surface area is 328 Å². The highest BCUT2D eigenvalue weighted by Crippen LogP contribution is 2.29. The Hall–Kier alpha value is -6.70. The van der Waals surface area contributed by atoms with Gasteiger partial charge in [-0.15, -0.1) is 6.42 Å². The van der Waals surface area contributed by atoms with Gasteiger partial charge in [0.15, 0.2) is 12.6 Å². The lowest BCUT2D eigenvalue weighted by Crippen LogP contribution is -2.64. The van der Waals surface area contributed by atoms with Crippen molar-refractivity contribution in [1.29, 1.82) is 0 Å². The normalized spacial score (nSPS) is 25.4. The predicted octanol–water partition coefficient (Wildman–Crippen LogP) is -1.37. The number of ether oxygens (including phenoxy) is 6. The van der Waals surface area contributed by atoms with Crippen LogP contribution in [-0.2, 0) is 23.7 Å². The first kappa shape index (κ1) is 43.0. The molecule has 0 saturated carbocycles. The molecule has 14 nitrogen and oxygen atoms in total. The largest absolute Gasteiger partial charge is 0.459 e. The molecule has 2 aromatic carbocycles.